The number of hydrogen-bond acceptors (Lipinski definition) is 2. The molecule has 0 aliphatic carbocycles. The Morgan fingerprint density at radius 1 is 1.19 bits per heavy atom. The second-order valence-electron chi connectivity index (χ2n) is 4.43. The van der Waals surface area contributed by atoms with E-state index in [1.54, 1.807) is 24.4 Å². The number of allylic oxidation sites excluding steroid dienone is 1. The number of benzene rings is 2. The Kier molecular flexibility index (Phi) is 5.67. The molecule has 0 spiro atoms. The fourth-order valence-corrected chi connectivity index (χ4v) is 2.92. The summed E-state index contributed by atoms with van der Waals surface area (Å²) in [5, 5.41) is 3.95. The Morgan fingerprint density at radius 3 is 2.62 bits per heavy atom. The lowest BCUT2D eigenvalue weighted by atomic mass is 10.1. The maximum Gasteiger partial charge on any atom is 0.188 e. The lowest BCUT2D eigenvalue weighted by Crippen LogP contribution is -1.98. The molecule has 0 atom stereocenters. The molecule has 2 rings (SSSR count). The summed E-state index contributed by atoms with van der Waals surface area (Å²) in [6.45, 7) is 2.01. The highest BCUT2D eigenvalue weighted by Crippen LogP contribution is 2.22. The minimum atomic E-state index is -0.174. The van der Waals surface area contributed by atoms with E-state index in [9.17, 15) is 4.79 Å². The Bertz CT molecular complexity index is 713. The molecule has 0 aliphatic heterocycles. The molecule has 21 heavy (non-hydrogen) atoms. The van der Waals surface area contributed by atoms with Crippen molar-refractivity contribution in [2.45, 2.75) is 6.92 Å². The molecule has 0 saturated heterocycles. The maximum atomic E-state index is 12.1. The lowest BCUT2D eigenvalue weighted by Gasteiger charge is -2.05. The molecule has 0 saturated carbocycles. The van der Waals surface area contributed by atoms with E-state index in [0.717, 1.165) is 11.3 Å². The van der Waals surface area contributed by atoms with Crippen molar-refractivity contribution in [1.82, 2.24) is 0 Å². The first-order valence-electron chi connectivity index (χ1n) is 6.16. The van der Waals surface area contributed by atoms with E-state index in [0.29, 0.717) is 15.6 Å². The zero-order valence-corrected chi connectivity index (χ0v) is 14.8. The summed E-state index contributed by atoms with van der Waals surface area (Å²) >= 11 is 14.1. The van der Waals surface area contributed by atoms with Crippen LogP contribution in [0.5, 0.6) is 0 Å². The zero-order chi connectivity index (χ0) is 15.4. The van der Waals surface area contributed by atoms with E-state index in [4.69, 9.17) is 23.2 Å². The first kappa shape index (κ1) is 16.3. The molecule has 0 amide bonds. The second kappa shape index (κ2) is 7.29. The number of anilines is 1. The molecule has 0 heterocycles. The molecule has 108 valence electrons. The van der Waals surface area contributed by atoms with Crippen LogP contribution in [0.25, 0.3) is 0 Å². The van der Waals surface area contributed by atoms with Crippen molar-refractivity contribution in [3.05, 3.63) is 73.4 Å². The first-order valence-corrected chi connectivity index (χ1v) is 7.99. The molecule has 2 nitrogen and oxygen atoms in total. The van der Waals surface area contributed by atoms with Gasteiger partial charge in [-0.2, -0.15) is 0 Å². The van der Waals surface area contributed by atoms with Gasteiger partial charge < -0.3 is 5.32 Å². The number of hydrogen-bond donors (Lipinski definition) is 1. The Labute approximate surface area is 147 Å². The maximum absolute atomic E-state index is 12.1. The van der Waals surface area contributed by atoms with Gasteiger partial charge in [-0.05, 0) is 71.5 Å². The van der Waals surface area contributed by atoms with E-state index in [2.05, 4.69) is 34.0 Å². The molecule has 0 aliphatic rings. The number of rotatable bonds is 4. The van der Waals surface area contributed by atoms with Gasteiger partial charge in [0.1, 0.15) is 0 Å². The molecular weight excluding hydrogens is 420 g/mol. The van der Waals surface area contributed by atoms with Gasteiger partial charge in [0.15, 0.2) is 5.78 Å². The summed E-state index contributed by atoms with van der Waals surface area (Å²) in [6, 6.07) is 10.9. The van der Waals surface area contributed by atoms with Crippen molar-refractivity contribution in [2.75, 3.05) is 5.32 Å². The highest BCUT2D eigenvalue weighted by Gasteiger charge is 2.07. The normalized spacial score (nSPS) is 10.9. The minimum Gasteiger partial charge on any atom is -0.361 e. The Hall–Kier alpha value is -1.04. The number of carbonyl (C=O) groups is 1. The average Bonchev–Trinajstić information content (AvgIpc) is 2.41. The molecule has 0 unspecified atom stereocenters. The zero-order valence-electron chi connectivity index (χ0n) is 11.2. The first-order chi connectivity index (χ1) is 9.97. The van der Waals surface area contributed by atoms with Crippen LogP contribution in [0, 0.1) is 10.5 Å². The summed E-state index contributed by atoms with van der Waals surface area (Å²) in [5.41, 5.74) is 2.50. The van der Waals surface area contributed by atoms with Gasteiger partial charge >= 0.3 is 0 Å². The summed E-state index contributed by atoms with van der Waals surface area (Å²) in [7, 11) is 0. The van der Waals surface area contributed by atoms with Crippen LogP contribution in [0.2, 0.25) is 10.0 Å². The summed E-state index contributed by atoms with van der Waals surface area (Å²) < 4.78 is 1.17. The van der Waals surface area contributed by atoms with Crippen LogP contribution in [0.1, 0.15) is 15.9 Å². The van der Waals surface area contributed by atoms with Crippen LogP contribution in [0.3, 0.4) is 0 Å². The van der Waals surface area contributed by atoms with Gasteiger partial charge in [-0.15, -0.1) is 0 Å². The van der Waals surface area contributed by atoms with Crippen molar-refractivity contribution < 1.29 is 4.79 Å². The van der Waals surface area contributed by atoms with Gasteiger partial charge in [0.2, 0.25) is 0 Å². The third-order valence-electron chi connectivity index (χ3n) is 2.86. The SMILES string of the molecule is Cc1cc(I)ccc1N/C=C/C(=O)c1ccc(Cl)cc1Cl. The van der Waals surface area contributed by atoms with Crippen molar-refractivity contribution in [1.29, 1.82) is 0 Å². The number of carbonyl (C=O) groups excluding carboxylic acids is 1. The van der Waals surface area contributed by atoms with Crippen molar-refractivity contribution >= 4 is 57.3 Å². The van der Waals surface area contributed by atoms with Crippen LogP contribution in [-0.2, 0) is 0 Å². The average molecular weight is 432 g/mol. The Morgan fingerprint density at radius 2 is 1.95 bits per heavy atom. The molecular formula is C16H12Cl2INO. The fourth-order valence-electron chi connectivity index (χ4n) is 1.78. The molecule has 5 heteroatoms. The van der Waals surface area contributed by atoms with Gasteiger partial charge in [0, 0.05) is 32.1 Å². The van der Waals surface area contributed by atoms with E-state index in [-0.39, 0.29) is 5.78 Å². The quantitative estimate of drug-likeness (QED) is 0.381. The van der Waals surface area contributed by atoms with Gasteiger partial charge in [-0.3, -0.25) is 4.79 Å². The van der Waals surface area contributed by atoms with Crippen LogP contribution >= 0.6 is 45.8 Å². The molecule has 1 N–H and O–H groups in total. The van der Waals surface area contributed by atoms with Crippen LogP contribution in [0.15, 0.2) is 48.7 Å². The molecule has 2 aromatic carbocycles. The fraction of sp³-hybridized carbons (Fsp3) is 0.0625. The molecule has 0 aromatic heterocycles. The van der Waals surface area contributed by atoms with Gasteiger partial charge in [-0.25, -0.2) is 0 Å². The smallest absolute Gasteiger partial charge is 0.188 e. The minimum absolute atomic E-state index is 0.174. The van der Waals surface area contributed by atoms with Crippen molar-refractivity contribution in [2.24, 2.45) is 0 Å². The summed E-state index contributed by atoms with van der Waals surface area (Å²) in [4.78, 5) is 12.1. The summed E-state index contributed by atoms with van der Waals surface area (Å²) in [6.07, 6.45) is 3.06. The topological polar surface area (TPSA) is 29.1 Å². The molecule has 0 fully saturated rings. The monoisotopic (exact) mass is 431 g/mol. The predicted octanol–water partition coefficient (Wildman–Crippen LogP) is 5.71. The van der Waals surface area contributed by atoms with Crippen LogP contribution in [0.4, 0.5) is 5.69 Å². The Balaban J connectivity index is 2.08. The van der Waals surface area contributed by atoms with E-state index in [1.807, 2.05) is 19.1 Å². The number of ketones is 1. The van der Waals surface area contributed by atoms with Crippen molar-refractivity contribution in [3.8, 4) is 0 Å². The van der Waals surface area contributed by atoms with Crippen LogP contribution in [-0.4, -0.2) is 5.78 Å². The highest BCUT2D eigenvalue weighted by atomic mass is 127. The second-order valence-corrected chi connectivity index (χ2v) is 6.51. The van der Waals surface area contributed by atoms with E-state index >= 15 is 0 Å². The third kappa shape index (κ3) is 4.46. The number of nitrogens with one attached hydrogen (secondary N) is 1. The molecule has 2 aromatic rings. The van der Waals surface area contributed by atoms with Gasteiger partial charge in [-0.1, -0.05) is 23.2 Å². The standard InChI is InChI=1S/C16H12Cl2INO/c1-10-8-12(19)3-5-15(10)20-7-6-16(21)13-4-2-11(17)9-14(13)18/h2-9,20H,1H3/b7-6+. The van der Waals surface area contributed by atoms with E-state index < -0.39 is 0 Å². The summed E-state index contributed by atoms with van der Waals surface area (Å²) in [5.74, 6) is -0.174. The highest BCUT2D eigenvalue weighted by molar-refractivity contribution is 14.1. The molecule has 0 bridgehead atoms. The van der Waals surface area contributed by atoms with E-state index in [1.165, 1.54) is 9.65 Å². The van der Waals surface area contributed by atoms with Gasteiger partial charge in [0.25, 0.3) is 0 Å². The predicted molar refractivity (Wildman–Crippen MR) is 97.5 cm³/mol. The van der Waals surface area contributed by atoms with Crippen molar-refractivity contribution in [3.63, 3.8) is 0 Å². The number of halogens is 3. The van der Waals surface area contributed by atoms with Crippen LogP contribution < -0.4 is 5.32 Å². The lowest BCUT2D eigenvalue weighted by molar-refractivity contribution is 0.104. The molecule has 0 radical (unpaired) electrons. The number of aryl methyl sites for hydroxylation is 1. The largest absolute Gasteiger partial charge is 0.361 e. The van der Waals surface area contributed by atoms with Gasteiger partial charge in [0.05, 0.1) is 5.02 Å². The third-order valence-corrected chi connectivity index (χ3v) is 4.08.